The lowest BCUT2D eigenvalue weighted by atomic mass is 9.85. The first kappa shape index (κ1) is 14.8. The van der Waals surface area contributed by atoms with Crippen LogP contribution in [0.25, 0.3) is 0 Å². The van der Waals surface area contributed by atoms with E-state index in [0.717, 1.165) is 0 Å². The number of carbonyl (C=O) groups excluding carboxylic acids is 1. The number of hydrogen-bond acceptors (Lipinski definition) is 5. The van der Waals surface area contributed by atoms with Crippen LogP contribution >= 0.6 is 0 Å². The fraction of sp³-hybridized carbons (Fsp3) is 0.500. The highest BCUT2D eigenvalue weighted by Crippen LogP contribution is 2.44. The van der Waals surface area contributed by atoms with Crippen molar-refractivity contribution >= 4 is 5.91 Å². The van der Waals surface area contributed by atoms with E-state index < -0.39 is 23.9 Å². The van der Waals surface area contributed by atoms with Gasteiger partial charge in [-0.3, -0.25) is 4.79 Å². The molecule has 22 heavy (non-hydrogen) atoms. The Morgan fingerprint density at radius 1 is 1.41 bits per heavy atom. The molecule has 0 spiro atoms. The van der Waals surface area contributed by atoms with Crippen LogP contribution in [0.1, 0.15) is 37.4 Å². The van der Waals surface area contributed by atoms with E-state index in [1.807, 2.05) is 0 Å². The van der Waals surface area contributed by atoms with Crippen LogP contribution in [0.2, 0.25) is 0 Å². The summed E-state index contributed by atoms with van der Waals surface area (Å²) in [5.74, 6) is 0.344. The zero-order valence-corrected chi connectivity index (χ0v) is 12.5. The molecule has 6 heteroatoms. The summed E-state index contributed by atoms with van der Waals surface area (Å²) in [7, 11) is 0. The number of hydrogen-bond donors (Lipinski definition) is 2. The van der Waals surface area contributed by atoms with E-state index in [1.54, 1.807) is 32.0 Å². The average Bonchev–Trinajstić information content (AvgIpc) is 2.78. The van der Waals surface area contributed by atoms with Crippen molar-refractivity contribution in [1.82, 2.24) is 4.90 Å². The molecular weight excluding hydrogens is 284 g/mol. The highest BCUT2D eigenvalue weighted by atomic mass is 16.5. The third-order valence-electron chi connectivity index (χ3n) is 4.32. The topological polar surface area (TPSA) is 93.8 Å². The van der Waals surface area contributed by atoms with E-state index in [-0.39, 0.29) is 18.9 Å². The second-order valence-electron chi connectivity index (χ2n) is 6.36. The maximum Gasteiger partial charge on any atom is 0.225 e. The molecule has 0 radical (unpaired) electrons. The van der Waals surface area contributed by atoms with Crippen LogP contribution in [0.3, 0.4) is 0 Å². The number of carbonyl (C=O) groups is 1. The minimum Gasteiger partial charge on any atom is -0.485 e. The minimum absolute atomic E-state index is 0.0534. The van der Waals surface area contributed by atoms with Gasteiger partial charge in [0, 0.05) is 12.1 Å². The Hall–Kier alpha value is -2.10. The van der Waals surface area contributed by atoms with Gasteiger partial charge in [-0.25, -0.2) is 0 Å². The molecule has 0 aliphatic carbocycles. The Morgan fingerprint density at radius 2 is 2.14 bits per heavy atom. The van der Waals surface area contributed by atoms with Crippen LogP contribution < -0.4 is 4.74 Å². The Labute approximate surface area is 128 Å². The van der Waals surface area contributed by atoms with E-state index in [4.69, 9.17) is 10.00 Å². The lowest BCUT2D eigenvalue weighted by Gasteiger charge is -2.45. The molecule has 1 saturated heterocycles. The summed E-state index contributed by atoms with van der Waals surface area (Å²) in [6.07, 6.45) is -1.63. The van der Waals surface area contributed by atoms with Gasteiger partial charge in [0.2, 0.25) is 5.91 Å². The van der Waals surface area contributed by atoms with E-state index in [2.05, 4.69) is 6.07 Å². The predicted octanol–water partition coefficient (Wildman–Crippen LogP) is 0.724. The van der Waals surface area contributed by atoms with Crippen LogP contribution in [0.15, 0.2) is 18.2 Å². The number of aliphatic hydroxyl groups excluding tert-OH is 2. The number of benzene rings is 1. The molecule has 2 heterocycles. The molecular formula is C16H18N2O4. The third-order valence-corrected chi connectivity index (χ3v) is 4.32. The lowest BCUT2D eigenvalue weighted by molar-refractivity contribution is -0.139. The maximum absolute atomic E-state index is 12.2. The smallest absolute Gasteiger partial charge is 0.225 e. The summed E-state index contributed by atoms with van der Waals surface area (Å²) in [4.78, 5) is 13.6. The molecule has 6 nitrogen and oxygen atoms in total. The first-order valence-corrected chi connectivity index (χ1v) is 7.22. The number of nitriles is 1. The Kier molecular flexibility index (Phi) is 3.35. The van der Waals surface area contributed by atoms with Gasteiger partial charge in [-0.1, -0.05) is 0 Å². The van der Waals surface area contributed by atoms with Gasteiger partial charge >= 0.3 is 0 Å². The molecule has 1 amide bonds. The number of likely N-dealkylation sites (tertiary alicyclic amines) is 1. The van der Waals surface area contributed by atoms with Gasteiger partial charge in [-0.15, -0.1) is 0 Å². The Morgan fingerprint density at radius 3 is 2.73 bits per heavy atom. The van der Waals surface area contributed by atoms with Crippen LogP contribution in [-0.4, -0.2) is 45.4 Å². The van der Waals surface area contributed by atoms with Crippen LogP contribution in [0, 0.1) is 11.3 Å². The maximum atomic E-state index is 12.2. The summed E-state index contributed by atoms with van der Waals surface area (Å²) < 4.78 is 5.82. The summed E-state index contributed by atoms with van der Waals surface area (Å²) in [5.41, 5.74) is 0.166. The van der Waals surface area contributed by atoms with Crippen LogP contribution in [0.5, 0.6) is 5.75 Å². The molecule has 2 aliphatic rings. The number of β-amino-alcohol motifs (C(OH)–C–C–N with tert-alkyl or cyclic N) is 1. The molecule has 2 N–H and O–H groups in total. The highest BCUT2D eigenvalue weighted by Gasteiger charge is 2.48. The van der Waals surface area contributed by atoms with Crippen molar-refractivity contribution in [2.75, 3.05) is 6.54 Å². The van der Waals surface area contributed by atoms with E-state index in [0.29, 0.717) is 16.9 Å². The van der Waals surface area contributed by atoms with Crippen molar-refractivity contribution in [1.29, 1.82) is 5.26 Å². The summed E-state index contributed by atoms with van der Waals surface area (Å²) >= 11 is 0. The molecule has 116 valence electrons. The van der Waals surface area contributed by atoms with Crippen LogP contribution in [0.4, 0.5) is 0 Å². The van der Waals surface area contributed by atoms with Gasteiger partial charge in [-0.05, 0) is 32.0 Å². The van der Waals surface area contributed by atoms with E-state index in [1.165, 1.54) is 4.90 Å². The zero-order chi connectivity index (χ0) is 16.1. The van der Waals surface area contributed by atoms with Crippen molar-refractivity contribution in [2.45, 2.75) is 44.1 Å². The monoisotopic (exact) mass is 302 g/mol. The SMILES string of the molecule is CC1(C)Oc2ccc(C#N)cc2[C@H](N2C[C@@H](O)CC2=O)[C@H]1O. The standard InChI is InChI=1S/C16H18N2O4/c1-16(2)15(21)14(18-8-10(19)6-13(18)20)11-5-9(7-17)3-4-12(11)22-16/h3-5,10,14-15,19,21H,6,8H2,1-2H3/t10-,14-,15+/m0/s1. The Bertz CT molecular complexity index is 665. The number of ether oxygens (including phenoxy) is 1. The van der Waals surface area contributed by atoms with E-state index >= 15 is 0 Å². The molecule has 3 rings (SSSR count). The molecule has 0 bridgehead atoms. The largest absolute Gasteiger partial charge is 0.485 e. The highest BCUT2D eigenvalue weighted by molar-refractivity contribution is 5.80. The van der Waals surface area contributed by atoms with Gasteiger partial charge in [0.05, 0.1) is 30.2 Å². The number of nitrogens with zero attached hydrogens (tertiary/aromatic N) is 2. The quantitative estimate of drug-likeness (QED) is 0.797. The first-order valence-electron chi connectivity index (χ1n) is 7.22. The number of amides is 1. The molecule has 2 aliphatic heterocycles. The fourth-order valence-corrected chi connectivity index (χ4v) is 3.16. The molecule has 0 aromatic heterocycles. The molecule has 1 fully saturated rings. The van der Waals surface area contributed by atoms with Gasteiger partial charge in [0.1, 0.15) is 17.5 Å². The first-order chi connectivity index (χ1) is 10.3. The average molecular weight is 302 g/mol. The number of rotatable bonds is 1. The van der Waals surface area contributed by atoms with Crippen molar-refractivity contribution in [2.24, 2.45) is 0 Å². The third kappa shape index (κ3) is 2.23. The second-order valence-corrected chi connectivity index (χ2v) is 6.36. The molecule has 3 atom stereocenters. The van der Waals surface area contributed by atoms with E-state index in [9.17, 15) is 15.0 Å². The minimum atomic E-state index is -0.955. The lowest BCUT2D eigenvalue weighted by Crippen LogP contribution is -2.54. The summed E-state index contributed by atoms with van der Waals surface area (Å²) in [6.45, 7) is 3.68. The normalized spacial score (nSPS) is 29.7. The Balaban J connectivity index is 2.11. The fourth-order valence-electron chi connectivity index (χ4n) is 3.16. The molecule has 0 unspecified atom stereocenters. The van der Waals surface area contributed by atoms with Gasteiger partial charge in [0.25, 0.3) is 0 Å². The van der Waals surface area contributed by atoms with Gasteiger partial charge < -0.3 is 19.8 Å². The molecule has 1 aromatic carbocycles. The van der Waals surface area contributed by atoms with Crippen molar-refractivity contribution in [3.63, 3.8) is 0 Å². The second kappa shape index (κ2) is 4.97. The number of aliphatic hydroxyl groups is 2. The van der Waals surface area contributed by atoms with Crippen molar-refractivity contribution < 1.29 is 19.7 Å². The van der Waals surface area contributed by atoms with Crippen molar-refractivity contribution in [3.05, 3.63) is 29.3 Å². The van der Waals surface area contributed by atoms with Gasteiger partial charge in [-0.2, -0.15) is 5.26 Å². The van der Waals surface area contributed by atoms with Crippen molar-refractivity contribution in [3.8, 4) is 11.8 Å². The summed E-state index contributed by atoms with van der Waals surface area (Å²) in [5, 5.41) is 29.5. The number of fused-ring (bicyclic) bond motifs is 1. The molecule has 0 saturated carbocycles. The predicted molar refractivity (Wildman–Crippen MR) is 76.9 cm³/mol. The summed E-state index contributed by atoms with van der Waals surface area (Å²) in [6, 6.07) is 6.39. The van der Waals surface area contributed by atoms with Gasteiger partial charge in [0.15, 0.2) is 0 Å². The van der Waals surface area contributed by atoms with Crippen LogP contribution in [-0.2, 0) is 4.79 Å². The molecule has 1 aromatic rings. The zero-order valence-electron chi connectivity index (χ0n) is 12.5.